The summed E-state index contributed by atoms with van der Waals surface area (Å²) in [5.74, 6) is 0.455. The van der Waals surface area contributed by atoms with Gasteiger partial charge in [-0.05, 0) is 23.6 Å². The van der Waals surface area contributed by atoms with E-state index in [0.29, 0.717) is 17.5 Å². The molecule has 0 saturated carbocycles. The summed E-state index contributed by atoms with van der Waals surface area (Å²) in [7, 11) is 0. The molecule has 4 nitrogen and oxygen atoms in total. The van der Waals surface area contributed by atoms with Crippen molar-refractivity contribution in [2.75, 3.05) is 12.3 Å². The predicted molar refractivity (Wildman–Crippen MR) is 106 cm³/mol. The largest absolute Gasteiger partial charge is 0.285 e. The van der Waals surface area contributed by atoms with Crippen molar-refractivity contribution in [3.05, 3.63) is 72.8 Å². The van der Waals surface area contributed by atoms with Crippen molar-refractivity contribution < 1.29 is 4.79 Å². The third-order valence-corrected chi connectivity index (χ3v) is 4.82. The summed E-state index contributed by atoms with van der Waals surface area (Å²) in [6.07, 6.45) is 1.69. The maximum Gasteiger partial charge on any atom is 0.239 e. The van der Waals surface area contributed by atoms with Gasteiger partial charge in [0.1, 0.15) is 0 Å². The van der Waals surface area contributed by atoms with Crippen molar-refractivity contribution in [2.24, 2.45) is 10.2 Å². The van der Waals surface area contributed by atoms with Gasteiger partial charge in [0, 0.05) is 6.54 Å². The number of nitrogens with zero attached hydrogens (tertiary/aromatic N) is 3. The van der Waals surface area contributed by atoms with Gasteiger partial charge in [0.05, 0.1) is 11.5 Å². The summed E-state index contributed by atoms with van der Waals surface area (Å²) in [4.78, 5) is 13.4. The molecule has 0 atom stereocenters. The number of hydrogen-bond acceptors (Lipinski definition) is 4. The monoisotopic (exact) mass is 349 g/mol. The lowest BCUT2D eigenvalue weighted by atomic mass is 10.0. The average Bonchev–Trinajstić information content (AvgIpc) is 3.01. The first-order valence-electron chi connectivity index (χ1n) is 8.01. The van der Waals surface area contributed by atoms with Gasteiger partial charge < -0.3 is 0 Å². The van der Waals surface area contributed by atoms with Crippen molar-refractivity contribution in [1.82, 2.24) is 4.90 Å². The van der Waals surface area contributed by atoms with Crippen molar-refractivity contribution in [3.8, 4) is 11.1 Å². The molecule has 2 aromatic carbocycles. The first-order valence-corrected chi connectivity index (χ1v) is 9.00. The van der Waals surface area contributed by atoms with Crippen LogP contribution in [0.2, 0.25) is 0 Å². The number of benzene rings is 2. The molecule has 2 aromatic rings. The van der Waals surface area contributed by atoms with E-state index in [-0.39, 0.29) is 5.91 Å². The molecule has 1 heterocycles. The van der Waals surface area contributed by atoms with Crippen molar-refractivity contribution in [3.63, 3.8) is 0 Å². The van der Waals surface area contributed by atoms with Crippen LogP contribution in [-0.4, -0.2) is 34.0 Å². The van der Waals surface area contributed by atoms with Crippen LogP contribution in [0.5, 0.6) is 0 Å². The number of thioether (sulfide) groups is 1. The molecular formula is C20H19N3OS. The van der Waals surface area contributed by atoms with Crippen LogP contribution in [0.25, 0.3) is 11.1 Å². The van der Waals surface area contributed by atoms with Crippen LogP contribution in [0.15, 0.2) is 77.5 Å². The lowest BCUT2D eigenvalue weighted by Gasteiger charge is -2.11. The van der Waals surface area contributed by atoms with Gasteiger partial charge in [-0.3, -0.25) is 9.69 Å². The summed E-state index contributed by atoms with van der Waals surface area (Å²) in [6, 6.07) is 18.5. The average molecular weight is 349 g/mol. The molecule has 0 radical (unpaired) electrons. The van der Waals surface area contributed by atoms with Crippen LogP contribution in [0.1, 0.15) is 12.5 Å². The second-order valence-electron chi connectivity index (χ2n) is 5.59. The van der Waals surface area contributed by atoms with E-state index in [1.165, 1.54) is 17.3 Å². The van der Waals surface area contributed by atoms with Gasteiger partial charge in [-0.1, -0.05) is 72.4 Å². The molecule has 1 saturated heterocycles. The standard InChI is InChI=1S/C20H19N3OS/c1-3-13-23-19(24)14-25-20(23)22-21-15(2)16-9-11-18(12-10-16)17-7-5-4-6-8-17/h3-12H,1,13-14H2,2H3. The van der Waals surface area contributed by atoms with Crippen LogP contribution in [-0.2, 0) is 4.79 Å². The van der Waals surface area contributed by atoms with Gasteiger partial charge in [0.25, 0.3) is 0 Å². The molecule has 1 fully saturated rings. The van der Waals surface area contributed by atoms with E-state index in [9.17, 15) is 4.79 Å². The fraction of sp³-hybridized carbons (Fsp3) is 0.150. The zero-order valence-corrected chi connectivity index (χ0v) is 14.9. The Bertz CT molecular complexity index is 826. The van der Waals surface area contributed by atoms with Crippen LogP contribution in [0.3, 0.4) is 0 Å². The van der Waals surface area contributed by atoms with Gasteiger partial charge in [0.15, 0.2) is 5.17 Å². The number of hydrogen-bond donors (Lipinski definition) is 0. The first-order chi connectivity index (χ1) is 12.2. The maximum atomic E-state index is 11.8. The quantitative estimate of drug-likeness (QED) is 0.461. The van der Waals surface area contributed by atoms with Crippen LogP contribution in [0.4, 0.5) is 0 Å². The van der Waals surface area contributed by atoms with Crippen LogP contribution >= 0.6 is 11.8 Å². The van der Waals surface area contributed by atoms with E-state index in [4.69, 9.17) is 0 Å². The van der Waals surface area contributed by atoms with Gasteiger partial charge in [-0.25, -0.2) is 0 Å². The number of carbonyl (C=O) groups is 1. The van der Waals surface area contributed by atoms with E-state index >= 15 is 0 Å². The number of amides is 1. The van der Waals surface area contributed by atoms with Gasteiger partial charge in [-0.2, -0.15) is 5.10 Å². The third-order valence-electron chi connectivity index (χ3n) is 3.86. The summed E-state index contributed by atoms with van der Waals surface area (Å²) in [5.41, 5.74) is 4.17. The number of carbonyl (C=O) groups excluding carboxylic acids is 1. The molecule has 126 valence electrons. The molecule has 1 aliphatic rings. The van der Waals surface area contributed by atoms with E-state index in [0.717, 1.165) is 16.8 Å². The van der Waals surface area contributed by atoms with Crippen molar-refractivity contribution in [2.45, 2.75) is 6.92 Å². The Morgan fingerprint density at radius 1 is 1.16 bits per heavy atom. The van der Waals surface area contributed by atoms with Gasteiger partial charge in [0.2, 0.25) is 5.91 Å². The molecule has 1 aliphatic heterocycles. The topological polar surface area (TPSA) is 45.0 Å². The summed E-state index contributed by atoms with van der Waals surface area (Å²) in [5, 5.41) is 9.19. The molecule has 0 unspecified atom stereocenters. The lowest BCUT2D eigenvalue weighted by Crippen LogP contribution is -2.29. The first kappa shape index (κ1) is 17.2. The zero-order valence-electron chi connectivity index (χ0n) is 14.1. The zero-order chi connectivity index (χ0) is 17.6. The highest BCUT2D eigenvalue weighted by molar-refractivity contribution is 8.15. The Hall–Kier alpha value is -2.66. The molecular weight excluding hydrogens is 330 g/mol. The third kappa shape index (κ3) is 4.06. The van der Waals surface area contributed by atoms with Gasteiger partial charge >= 0.3 is 0 Å². The summed E-state index contributed by atoms with van der Waals surface area (Å²) >= 11 is 1.41. The minimum atomic E-state index is 0.0451. The smallest absolute Gasteiger partial charge is 0.239 e. The lowest BCUT2D eigenvalue weighted by molar-refractivity contribution is -0.123. The molecule has 25 heavy (non-hydrogen) atoms. The molecule has 0 spiro atoms. The van der Waals surface area contributed by atoms with Crippen molar-refractivity contribution >= 4 is 28.5 Å². The summed E-state index contributed by atoms with van der Waals surface area (Å²) in [6.45, 7) is 6.06. The Kier molecular flexibility index (Phi) is 5.46. The van der Waals surface area contributed by atoms with E-state index in [1.54, 1.807) is 11.0 Å². The molecule has 0 bridgehead atoms. The Labute approximate surface area is 152 Å². The highest BCUT2D eigenvalue weighted by Crippen LogP contribution is 2.21. The minimum absolute atomic E-state index is 0.0451. The van der Waals surface area contributed by atoms with Crippen LogP contribution < -0.4 is 0 Å². The van der Waals surface area contributed by atoms with E-state index in [1.807, 2.05) is 37.3 Å². The number of rotatable bonds is 5. The SMILES string of the molecule is C=CCN1C(=O)CSC1=NN=C(C)c1ccc(-c2ccccc2)cc1. The van der Waals surface area contributed by atoms with Crippen molar-refractivity contribution in [1.29, 1.82) is 0 Å². The highest BCUT2D eigenvalue weighted by atomic mass is 32.2. The van der Waals surface area contributed by atoms with Gasteiger partial charge in [-0.15, -0.1) is 11.7 Å². The second kappa shape index (κ2) is 7.94. The molecule has 0 aliphatic carbocycles. The molecule has 1 amide bonds. The Morgan fingerprint density at radius 2 is 1.84 bits per heavy atom. The number of amidine groups is 1. The van der Waals surface area contributed by atoms with E-state index in [2.05, 4.69) is 41.0 Å². The summed E-state index contributed by atoms with van der Waals surface area (Å²) < 4.78 is 0. The Balaban J connectivity index is 1.77. The molecule has 3 rings (SSSR count). The molecule has 5 heteroatoms. The molecule has 0 N–H and O–H groups in total. The Morgan fingerprint density at radius 3 is 2.52 bits per heavy atom. The fourth-order valence-electron chi connectivity index (χ4n) is 2.49. The fourth-order valence-corrected chi connectivity index (χ4v) is 3.33. The van der Waals surface area contributed by atoms with E-state index < -0.39 is 0 Å². The molecule has 0 aromatic heterocycles. The normalized spacial score (nSPS) is 16.5. The highest BCUT2D eigenvalue weighted by Gasteiger charge is 2.27. The predicted octanol–water partition coefficient (Wildman–Crippen LogP) is 4.20. The van der Waals surface area contributed by atoms with Crippen LogP contribution in [0, 0.1) is 0 Å². The second-order valence-corrected chi connectivity index (χ2v) is 6.54. The maximum absolute atomic E-state index is 11.8. The minimum Gasteiger partial charge on any atom is -0.285 e.